The number of anilines is 1. The highest BCUT2D eigenvalue weighted by Crippen LogP contribution is 2.29. The second-order valence-electron chi connectivity index (χ2n) is 6.78. The van der Waals surface area contributed by atoms with Crippen LogP contribution in [0.4, 0.5) is 10.1 Å². The van der Waals surface area contributed by atoms with Crippen molar-refractivity contribution in [1.82, 2.24) is 20.1 Å². The van der Waals surface area contributed by atoms with Gasteiger partial charge in [0, 0.05) is 11.3 Å². The quantitative estimate of drug-likeness (QED) is 0.424. The molecule has 0 saturated heterocycles. The maximum atomic E-state index is 14.3. The van der Waals surface area contributed by atoms with Crippen molar-refractivity contribution in [2.24, 2.45) is 0 Å². The second kappa shape index (κ2) is 6.66. The van der Waals surface area contributed by atoms with Crippen LogP contribution < -0.4 is 11.0 Å². The molecule has 148 valence electrons. The summed E-state index contributed by atoms with van der Waals surface area (Å²) in [5.41, 5.74) is 2.72. The van der Waals surface area contributed by atoms with Crippen LogP contribution in [0.2, 0.25) is 0 Å². The third-order valence-corrected chi connectivity index (χ3v) is 4.79. The number of aromatic nitrogens is 4. The summed E-state index contributed by atoms with van der Waals surface area (Å²) in [5.74, 6) is -0.905. The lowest BCUT2D eigenvalue weighted by molar-refractivity contribution is 0.102. The van der Waals surface area contributed by atoms with Crippen LogP contribution in [-0.4, -0.2) is 26.0 Å². The van der Waals surface area contributed by atoms with Gasteiger partial charge in [-0.1, -0.05) is 17.3 Å². The summed E-state index contributed by atoms with van der Waals surface area (Å²) in [4.78, 5) is 34.2. The molecule has 0 aliphatic carbocycles. The number of carbonyl (C=O) groups excluding carboxylic acids is 1. The van der Waals surface area contributed by atoms with Crippen molar-refractivity contribution in [2.45, 2.75) is 6.92 Å². The van der Waals surface area contributed by atoms with E-state index < -0.39 is 11.7 Å². The monoisotopic (exact) mass is 403 g/mol. The Hall–Kier alpha value is -4.27. The van der Waals surface area contributed by atoms with Gasteiger partial charge in [-0.25, -0.2) is 14.2 Å². The normalized spacial score (nSPS) is 11.3. The van der Waals surface area contributed by atoms with Crippen molar-refractivity contribution in [3.05, 3.63) is 76.1 Å². The van der Waals surface area contributed by atoms with Crippen molar-refractivity contribution >= 4 is 33.7 Å². The first-order chi connectivity index (χ1) is 14.5. The van der Waals surface area contributed by atoms with Crippen molar-refractivity contribution in [3.8, 4) is 11.3 Å². The average molecular weight is 403 g/mol. The molecule has 0 bridgehead atoms. The lowest BCUT2D eigenvalue weighted by Crippen LogP contribution is -2.13. The third kappa shape index (κ3) is 2.93. The SMILES string of the molecule is Cc1noc2nc(-c3ccccc3F)cc(C(=O)Nc3ccc4[nH]c(=O)[nH]c4c3)c12. The largest absolute Gasteiger partial charge is 0.335 e. The van der Waals surface area contributed by atoms with Gasteiger partial charge in [-0.05, 0) is 43.3 Å². The molecular weight excluding hydrogens is 389 g/mol. The Kier molecular flexibility index (Phi) is 3.95. The number of hydrogen-bond acceptors (Lipinski definition) is 5. The van der Waals surface area contributed by atoms with Gasteiger partial charge in [0.2, 0.25) is 0 Å². The first-order valence-corrected chi connectivity index (χ1v) is 9.05. The van der Waals surface area contributed by atoms with Gasteiger partial charge in [-0.15, -0.1) is 0 Å². The van der Waals surface area contributed by atoms with Gasteiger partial charge in [0.1, 0.15) is 5.82 Å². The van der Waals surface area contributed by atoms with E-state index in [2.05, 4.69) is 25.4 Å². The van der Waals surface area contributed by atoms with E-state index in [-0.39, 0.29) is 28.2 Å². The van der Waals surface area contributed by atoms with E-state index >= 15 is 0 Å². The van der Waals surface area contributed by atoms with Gasteiger partial charge in [-0.3, -0.25) is 4.79 Å². The number of imidazole rings is 1. The summed E-state index contributed by atoms with van der Waals surface area (Å²) < 4.78 is 19.5. The number of benzene rings is 2. The molecule has 0 aliphatic rings. The number of hydrogen-bond donors (Lipinski definition) is 3. The molecule has 1 amide bonds. The number of pyridine rings is 1. The maximum Gasteiger partial charge on any atom is 0.323 e. The molecule has 0 atom stereocenters. The lowest BCUT2D eigenvalue weighted by atomic mass is 10.0. The predicted octanol–water partition coefficient (Wildman–Crippen LogP) is 3.76. The minimum Gasteiger partial charge on any atom is -0.335 e. The fourth-order valence-corrected chi connectivity index (χ4v) is 3.39. The average Bonchev–Trinajstić information content (AvgIpc) is 3.29. The van der Waals surface area contributed by atoms with Gasteiger partial charge in [-0.2, -0.15) is 0 Å². The minimum absolute atomic E-state index is 0.142. The Morgan fingerprint density at radius 3 is 2.73 bits per heavy atom. The van der Waals surface area contributed by atoms with Gasteiger partial charge >= 0.3 is 5.69 Å². The molecule has 0 unspecified atom stereocenters. The summed E-state index contributed by atoms with van der Waals surface area (Å²) in [6, 6.07) is 12.7. The second-order valence-corrected chi connectivity index (χ2v) is 6.78. The number of aromatic amines is 2. The smallest absolute Gasteiger partial charge is 0.323 e. The van der Waals surface area contributed by atoms with Crippen LogP contribution in [0.5, 0.6) is 0 Å². The molecule has 3 aromatic heterocycles. The number of fused-ring (bicyclic) bond motifs is 2. The minimum atomic E-state index is -0.464. The van der Waals surface area contributed by atoms with E-state index in [1.807, 2.05) is 0 Å². The molecule has 0 spiro atoms. The Morgan fingerprint density at radius 2 is 1.90 bits per heavy atom. The van der Waals surface area contributed by atoms with Crippen LogP contribution in [0, 0.1) is 12.7 Å². The van der Waals surface area contributed by atoms with E-state index in [1.165, 1.54) is 12.1 Å². The number of amides is 1. The highest BCUT2D eigenvalue weighted by atomic mass is 19.1. The molecular formula is C21H14FN5O3. The van der Waals surface area contributed by atoms with Crippen molar-refractivity contribution in [3.63, 3.8) is 0 Å². The molecule has 0 radical (unpaired) electrons. The fourth-order valence-electron chi connectivity index (χ4n) is 3.39. The summed E-state index contributed by atoms with van der Waals surface area (Å²) in [7, 11) is 0. The molecule has 5 aromatic rings. The number of nitrogens with zero attached hydrogens (tertiary/aromatic N) is 2. The molecule has 5 rings (SSSR count). The Balaban J connectivity index is 1.61. The van der Waals surface area contributed by atoms with E-state index in [1.54, 1.807) is 43.3 Å². The fraction of sp³-hybridized carbons (Fsp3) is 0.0476. The molecule has 3 N–H and O–H groups in total. The van der Waals surface area contributed by atoms with Gasteiger partial charge in [0.25, 0.3) is 11.6 Å². The first-order valence-electron chi connectivity index (χ1n) is 9.05. The van der Waals surface area contributed by atoms with Crippen LogP contribution in [-0.2, 0) is 0 Å². The highest BCUT2D eigenvalue weighted by molar-refractivity contribution is 6.13. The predicted molar refractivity (Wildman–Crippen MR) is 109 cm³/mol. The maximum absolute atomic E-state index is 14.3. The van der Waals surface area contributed by atoms with E-state index in [0.29, 0.717) is 27.8 Å². The number of H-pyrrole nitrogens is 2. The van der Waals surface area contributed by atoms with Gasteiger partial charge < -0.3 is 19.8 Å². The molecule has 9 heteroatoms. The summed E-state index contributed by atoms with van der Waals surface area (Å²) in [6.45, 7) is 1.70. The summed E-state index contributed by atoms with van der Waals surface area (Å²) in [5, 5.41) is 7.14. The van der Waals surface area contributed by atoms with Crippen LogP contribution >= 0.6 is 0 Å². The highest BCUT2D eigenvalue weighted by Gasteiger charge is 2.20. The Bertz CT molecular complexity index is 1500. The summed E-state index contributed by atoms with van der Waals surface area (Å²) >= 11 is 0. The van der Waals surface area contributed by atoms with Crippen molar-refractivity contribution in [1.29, 1.82) is 0 Å². The molecule has 0 aliphatic heterocycles. The third-order valence-electron chi connectivity index (χ3n) is 4.79. The van der Waals surface area contributed by atoms with Crippen molar-refractivity contribution < 1.29 is 13.7 Å². The zero-order valence-electron chi connectivity index (χ0n) is 15.6. The number of nitrogens with one attached hydrogen (secondary N) is 3. The molecule has 3 heterocycles. The number of halogens is 1. The van der Waals surface area contributed by atoms with E-state index in [4.69, 9.17) is 4.52 Å². The lowest BCUT2D eigenvalue weighted by Gasteiger charge is -2.09. The first kappa shape index (κ1) is 17.8. The number of rotatable bonds is 3. The Morgan fingerprint density at radius 1 is 1.10 bits per heavy atom. The topological polar surface area (TPSA) is 117 Å². The van der Waals surface area contributed by atoms with Crippen LogP contribution in [0.1, 0.15) is 16.1 Å². The molecule has 30 heavy (non-hydrogen) atoms. The van der Waals surface area contributed by atoms with Crippen LogP contribution in [0.25, 0.3) is 33.4 Å². The standard InChI is InChI=1S/C21H14FN5O3/c1-10-18-13(19(28)23-11-6-7-15-17(8-11)26-21(29)25-15)9-16(24-20(18)30-27-10)12-4-2-3-5-14(12)22/h2-9H,1H3,(H,23,28)(H2,25,26,29). The number of carbonyl (C=O) groups is 1. The van der Waals surface area contributed by atoms with E-state index in [0.717, 1.165) is 0 Å². The van der Waals surface area contributed by atoms with Crippen LogP contribution in [0.15, 0.2) is 57.8 Å². The van der Waals surface area contributed by atoms with Crippen molar-refractivity contribution in [2.75, 3.05) is 5.32 Å². The zero-order chi connectivity index (χ0) is 20.8. The molecule has 8 nitrogen and oxygen atoms in total. The molecule has 2 aromatic carbocycles. The number of aryl methyl sites for hydroxylation is 1. The van der Waals surface area contributed by atoms with Gasteiger partial charge in [0.15, 0.2) is 0 Å². The van der Waals surface area contributed by atoms with Gasteiger partial charge in [0.05, 0.1) is 33.4 Å². The summed E-state index contributed by atoms with van der Waals surface area (Å²) in [6.07, 6.45) is 0. The Labute approximate surface area is 167 Å². The zero-order valence-corrected chi connectivity index (χ0v) is 15.6. The molecule has 0 fully saturated rings. The molecule has 0 saturated carbocycles. The van der Waals surface area contributed by atoms with Crippen LogP contribution in [0.3, 0.4) is 0 Å². The van der Waals surface area contributed by atoms with E-state index in [9.17, 15) is 14.0 Å².